The summed E-state index contributed by atoms with van der Waals surface area (Å²) in [7, 11) is 0. The Morgan fingerprint density at radius 2 is 2.00 bits per heavy atom. The molecule has 0 radical (unpaired) electrons. The van der Waals surface area contributed by atoms with Gasteiger partial charge in [0.15, 0.2) is 0 Å². The van der Waals surface area contributed by atoms with E-state index in [1.54, 1.807) is 0 Å². The molecule has 2 atom stereocenters. The number of hydrogen-bond donors (Lipinski definition) is 4. The first-order valence-electron chi connectivity index (χ1n) is 4.50. The average Bonchev–Trinajstić information content (AvgIpc) is 2.24. The molecule has 15 heavy (non-hydrogen) atoms. The lowest BCUT2D eigenvalue weighted by molar-refractivity contribution is -0.0168. The van der Waals surface area contributed by atoms with Crippen LogP contribution in [0, 0.1) is 12.7 Å². The van der Waals surface area contributed by atoms with Gasteiger partial charge in [0.25, 0.3) is 0 Å². The third-order valence-electron chi connectivity index (χ3n) is 2.33. The maximum atomic E-state index is 13.6. The maximum absolute atomic E-state index is 13.6. The molecule has 0 heterocycles. The Kier molecular flexibility index (Phi) is 3.62. The number of nitrogens with two attached hydrogens (primary N) is 1. The van der Waals surface area contributed by atoms with Gasteiger partial charge in [-0.05, 0) is 13.0 Å². The summed E-state index contributed by atoms with van der Waals surface area (Å²) in [4.78, 5) is 0. The first kappa shape index (κ1) is 11.9. The molecule has 0 bridgehead atoms. The van der Waals surface area contributed by atoms with E-state index in [4.69, 9.17) is 15.9 Å². The zero-order valence-electron chi connectivity index (χ0n) is 8.31. The van der Waals surface area contributed by atoms with E-state index in [9.17, 15) is 9.50 Å². The van der Waals surface area contributed by atoms with Gasteiger partial charge in [0.1, 0.15) is 18.0 Å². The minimum atomic E-state index is -1.45. The minimum Gasteiger partial charge on any atom is -0.398 e. The molecule has 0 aliphatic carbocycles. The lowest BCUT2D eigenvalue weighted by atomic mass is 10.0. The van der Waals surface area contributed by atoms with E-state index in [-0.39, 0.29) is 16.8 Å². The zero-order chi connectivity index (χ0) is 11.6. The lowest BCUT2D eigenvalue weighted by Crippen LogP contribution is -2.23. The summed E-state index contributed by atoms with van der Waals surface area (Å²) in [5.74, 6) is -0.657. The first-order valence-corrected chi connectivity index (χ1v) is 4.50. The predicted octanol–water partition coefficient (Wildman–Crippen LogP) is 0.103. The highest BCUT2D eigenvalue weighted by Crippen LogP contribution is 2.25. The van der Waals surface area contributed by atoms with Gasteiger partial charge in [-0.25, -0.2) is 4.39 Å². The van der Waals surface area contributed by atoms with Crippen LogP contribution < -0.4 is 5.73 Å². The maximum Gasteiger partial charge on any atom is 0.134 e. The summed E-state index contributed by atoms with van der Waals surface area (Å²) in [6.45, 7) is 0.843. The van der Waals surface area contributed by atoms with Crippen molar-refractivity contribution in [3.05, 3.63) is 29.1 Å². The smallest absolute Gasteiger partial charge is 0.134 e. The van der Waals surface area contributed by atoms with Crippen molar-refractivity contribution in [1.82, 2.24) is 0 Å². The van der Waals surface area contributed by atoms with Gasteiger partial charge >= 0.3 is 0 Å². The third kappa shape index (κ3) is 2.26. The normalized spacial score (nSPS) is 15.0. The van der Waals surface area contributed by atoms with Crippen LogP contribution in [0.1, 0.15) is 17.2 Å². The van der Waals surface area contributed by atoms with Gasteiger partial charge in [-0.1, -0.05) is 6.07 Å². The van der Waals surface area contributed by atoms with Crippen molar-refractivity contribution in [2.45, 2.75) is 19.1 Å². The fraction of sp³-hybridized carbons (Fsp3) is 0.400. The Morgan fingerprint density at radius 1 is 1.40 bits per heavy atom. The van der Waals surface area contributed by atoms with Gasteiger partial charge in [0.05, 0.1) is 6.61 Å². The monoisotopic (exact) mass is 215 g/mol. The summed E-state index contributed by atoms with van der Waals surface area (Å²) < 4.78 is 13.6. The molecule has 0 fully saturated rings. The average molecular weight is 215 g/mol. The molecular weight excluding hydrogens is 201 g/mol. The molecular formula is C10H14FNO3. The summed E-state index contributed by atoms with van der Waals surface area (Å²) in [5, 5.41) is 27.3. The number of aliphatic hydroxyl groups excluding tert-OH is 3. The molecule has 84 valence electrons. The highest BCUT2D eigenvalue weighted by molar-refractivity contribution is 5.49. The van der Waals surface area contributed by atoms with Crippen LogP contribution in [-0.2, 0) is 0 Å². The van der Waals surface area contributed by atoms with Gasteiger partial charge in [-0.15, -0.1) is 0 Å². The summed E-state index contributed by atoms with van der Waals surface area (Å²) in [5.41, 5.74) is 5.90. The van der Waals surface area contributed by atoms with E-state index in [1.165, 1.54) is 19.1 Å². The molecule has 4 nitrogen and oxygen atoms in total. The molecule has 1 aromatic rings. The number of hydrogen-bond acceptors (Lipinski definition) is 4. The second-order valence-electron chi connectivity index (χ2n) is 3.38. The molecule has 0 aliphatic heterocycles. The molecule has 1 aromatic carbocycles. The summed E-state index contributed by atoms with van der Waals surface area (Å²) in [6.07, 6.45) is -2.85. The number of halogens is 1. The van der Waals surface area contributed by atoms with Crippen LogP contribution in [0.15, 0.2) is 12.1 Å². The van der Waals surface area contributed by atoms with Gasteiger partial charge in [-0.2, -0.15) is 0 Å². The molecule has 0 spiro atoms. The van der Waals surface area contributed by atoms with E-state index in [0.29, 0.717) is 0 Å². The Labute approximate surface area is 86.8 Å². The van der Waals surface area contributed by atoms with Crippen LogP contribution in [0.5, 0.6) is 0 Å². The van der Waals surface area contributed by atoms with Crippen molar-refractivity contribution in [2.75, 3.05) is 12.3 Å². The van der Waals surface area contributed by atoms with Crippen LogP contribution in [-0.4, -0.2) is 28.0 Å². The van der Waals surface area contributed by atoms with Crippen molar-refractivity contribution >= 4 is 5.69 Å². The fourth-order valence-electron chi connectivity index (χ4n) is 1.26. The second kappa shape index (κ2) is 4.57. The van der Waals surface area contributed by atoms with Crippen LogP contribution >= 0.6 is 0 Å². The van der Waals surface area contributed by atoms with E-state index < -0.39 is 24.6 Å². The molecule has 1 rings (SSSR count). The van der Waals surface area contributed by atoms with E-state index in [1.807, 2.05) is 0 Å². The standard InChI is InChI=1S/C10H14FNO3/c1-5-7(12)3-2-6(9(5)11)10(15)8(14)4-13/h2-3,8,10,13-15H,4,12H2,1H3. The van der Waals surface area contributed by atoms with Crippen molar-refractivity contribution in [2.24, 2.45) is 0 Å². The highest BCUT2D eigenvalue weighted by atomic mass is 19.1. The molecule has 2 unspecified atom stereocenters. The van der Waals surface area contributed by atoms with Crippen molar-refractivity contribution in [3.8, 4) is 0 Å². The second-order valence-corrected chi connectivity index (χ2v) is 3.38. The van der Waals surface area contributed by atoms with Crippen LogP contribution in [0.4, 0.5) is 10.1 Å². The molecule has 0 aliphatic rings. The van der Waals surface area contributed by atoms with Gasteiger partial charge in [0.2, 0.25) is 0 Å². The molecule has 0 saturated heterocycles. The fourth-order valence-corrected chi connectivity index (χ4v) is 1.26. The van der Waals surface area contributed by atoms with Crippen molar-refractivity contribution < 1.29 is 19.7 Å². The van der Waals surface area contributed by atoms with Crippen molar-refractivity contribution in [1.29, 1.82) is 0 Å². The Bertz CT molecular complexity index is 357. The first-order chi connectivity index (χ1) is 6.99. The predicted molar refractivity (Wildman–Crippen MR) is 53.6 cm³/mol. The largest absolute Gasteiger partial charge is 0.398 e. The number of anilines is 1. The van der Waals surface area contributed by atoms with Gasteiger partial charge in [-0.3, -0.25) is 0 Å². The topological polar surface area (TPSA) is 86.7 Å². The van der Waals surface area contributed by atoms with Crippen LogP contribution in [0.25, 0.3) is 0 Å². The Hall–Kier alpha value is -1.17. The van der Waals surface area contributed by atoms with Crippen molar-refractivity contribution in [3.63, 3.8) is 0 Å². The third-order valence-corrected chi connectivity index (χ3v) is 2.33. The molecule has 5 N–H and O–H groups in total. The van der Waals surface area contributed by atoms with Crippen LogP contribution in [0.2, 0.25) is 0 Å². The minimum absolute atomic E-state index is 0.0664. The van der Waals surface area contributed by atoms with E-state index >= 15 is 0 Å². The number of rotatable bonds is 3. The van der Waals surface area contributed by atoms with Crippen LogP contribution in [0.3, 0.4) is 0 Å². The highest BCUT2D eigenvalue weighted by Gasteiger charge is 2.22. The quantitative estimate of drug-likeness (QED) is 0.539. The van der Waals surface area contributed by atoms with E-state index in [2.05, 4.69) is 0 Å². The number of aliphatic hydroxyl groups is 3. The molecule has 0 aromatic heterocycles. The molecule has 5 heteroatoms. The Morgan fingerprint density at radius 3 is 2.53 bits per heavy atom. The van der Waals surface area contributed by atoms with E-state index in [0.717, 1.165) is 0 Å². The summed E-state index contributed by atoms with van der Waals surface area (Å²) >= 11 is 0. The Balaban J connectivity index is 3.10. The lowest BCUT2D eigenvalue weighted by Gasteiger charge is -2.17. The van der Waals surface area contributed by atoms with Gasteiger partial charge < -0.3 is 21.1 Å². The van der Waals surface area contributed by atoms with Gasteiger partial charge in [0, 0.05) is 16.8 Å². The summed E-state index contributed by atoms with van der Waals surface area (Å²) in [6, 6.07) is 2.74. The zero-order valence-corrected chi connectivity index (χ0v) is 8.31. The number of benzene rings is 1. The molecule has 0 saturated carbocycles. The number of nitrogen functional groups attached to an aromatic ring is 1. The SMILES string of the molecule is Cc1c(N)ccc(C(O)C(O)CO)c1F. The molecule has 0 amide bonds.